The van der Waals surface area contributed by atoms with E-state index in [1.54, 1.807) is 6.21 Å². The first-order valence-electron chi connectivity index (χ1n) is 6.16. The van der Waals surface area contributed by atoms with Crippen LogP contribution in [0.15, 0.2) is 48.5 Å². The van der Waals surface area contributed by atoms with Gasteiger partial charge in [-0.3, -0.25) is 0 Å². The fourth-order valence-corrected chi connectivity index (χ4v) is 1.94. The molecule has 92 valence electrons. The van der Waals surface area contributed by atoms with Crippen LogP contribution in [0.2, 0.25) is 0 Å². The molecule has 0 unspecified atom stereocenters. The molecule has 0 aliphatic heterocycles. The molecule has 0 aromatic heterocycles. The van der Waals surface area contributed by atoms with Crippen LogP contribution in [-0.4, -0.2) is 11.0 Å². The summed E-state index contributed by atoms with van der Waals surface area (Å²) in [4.78, 5) is 0. The zero-order valence-corrected chi connectivity index (χ0v) is 10.8. The molecule has 0 amide bonds. The Hall–Kier alpha value is -2.09. The summed E-state index contributed by atoms with van der Waals surface area (Å²) in [5.74, 6) is 0. The van der Waals surface area contributed by atoms with Crippen molar-refractivity contribution >= 4 is 11.9 Å². The van der Waals surface area contributed by atoms with Crippen molar-refractivity contribution < 1.29 is 4.74 Å². The van der Waals surface area contributed by atoms with Crippen molar-refractivity contribution in [1.82, 2.24) is 0 Å². The van der Waals surface area contributed by atoms with Crippen molar-refractivity contribution in [3.05, 3.63) is 70.4 Å². The van der Waals surface area contributed by atoms with Gasteiger partial charge in [0, 0.05) is 17.7 Å². The van der Waals surface area contributed by atoms with E-state index in [9.17, 15) is 5.21 Å². The lowest BCUT2D eigenvalue weighted by Gasteiger charge is -2.06. The van der Waals surface area contributed by atoms with Gasteiger partial charge in [0.25, 0.3) is 0 Å². The van der Waals surface area contributed by atoms with Crippen molar-refractivity contribution in [2.45, 2.75) is 20.3 Å². The predicted octanol–water partition coefficient (Wildman–Crippen LogP) is 3.82. The minimum Gasteiger partial charge on any atom is -0.618 e. The summed E-state index contributed by atoms with van der Waals surface area (Å²) in [5, 5.41) is 12.0. The number of nitrogens with zero attached hydrogens (tertiary/aromatic N) is 1. The third-order valence-electron chi connectivity index (χ3n) is 2.95. The molecule has 0 aliphatic rings. The molecule has 2 nitrogen and oxygen atoms in total. The van der Waals surface area contributed by atoms with Gasteiger partial charge in [-0.25, -0.2) is 0 Å². The molecular formula is C16H17NO. The summed E-state index contributed by atoms with van der Waals surface area (Å²) >= 11 is 0. The average Bonchev–Trinajstić information content (AvgIpc) is 2.41. The lowest BCUT2D eigenvalue weighted by Crippen LogP contribution is -2.01. The van der Waals surface area contributed by atoms with Crippen molar-refractivity contribution in [1.29, 1.82) is 0 Å². The Morgan fingerprint density at radius 3 is 2.50 bits per heavy atom. The minimum atomic E-state index is 0.653. The Morgan fingerprint density at radius 2 is 1.83 bits per heavy atom. The maximum absolute atomic E-state index is 12.0. The topological polar surface area (TPSA) is 26.1 Å². The highest BCUT2D eigenvalue weighted by molar-refractivity contribution is 5.79. The molecule has 0 N–H and O–H groups in total. The fourth-order valence-electron chi connectivity index (χ4n) is 1.94. The van der Waals surface area contributed by atoms with Crippen LogP contribution < -0.4 is 0 Å². The van der Waals surface area contributed by atoms with Gasteiger partial charge in [-0.15, -0.1) is 0 Å². The molecule has 2 aromatic carbocycles. The lowest BCUT2D eigenvalue weighted by molar-refractivity contribution is -0.354. The molecule has 0 fully saturated rings. The number of benzene rings is 2. The van der Waals surface area contributed by atoms with E-state index in [4.69, 9.17) is 0 Å². The predicted molar refractivity (Wildman–Crippen MR) is 75.5 cm³/mol. The van der Waals surface area contributed by atoms with Crippen LogP contribution in [0.3, 0.4) is 0 Å². The zero-order valence-electron chi connectivity index (χ0n) is 10.8. The number of hydrogen-bond donors (Lipinski definition) is 0. The monoisotopic (exact) mass is 239 g/mol. The van der Waals surface area contributed by atoms with Gasteiger partial charge in [0.1, 0.15) is 0 Å². The molecule has 2 aromatic rings. The largest absolute Gasteiger partial charge is 0.618 e. The highest BCUT2D eigenvalue weighted by Crippen LogP contribution is 2.13. The highest BCUT2D eigenvalue weighted by atomic mass is 16.5. The van der Waals surface area contributed by atoms with Crippen molar-refractivity contribution in [3.63, 3.8) is 0 Å². The van der Waals surface area contributed by atoms with E-state index < -0.39 is 0 Å². The summed E-state index contributed by atoms with van der Waals surface area (Å²) in [5.41, 5.74) is 4.06. The van der Waals surface area contributed by atoms with Gasteiger partial charge in [-0.05, 0) is 25.0 Å². The second kappa shape index (κ2) is 5.50. The molecule has 0 saturated heterocycles. The summed E-state index contributed by atoms with van der Waals surface area (Å²) in [7, 11) is 0. The van der Waals surface area contributed by atoms with Crippen molar-refractivity contribution in [2.75, 3.05) is 0 Å². The molecule has 0 radical (unpaired) electrons. The molecular weight excluding hydrogens is 222 g/mol. The molecule has 0 saturated carbocycles. The Balaban J connectivity index is 2.39. The van der Waals surface area contributed by atoms with E-state index in [0.29, 0.717) is 5.69 Å². The van der Waals surface area contributed by atoms with Gasteiger partial charge >= 0.3 is 0 Å². The fraction of sp³-hybridized carbons (Fsp3) is 0.188. The van der Waals surface area contributed by atoms with Gasteiger partial charge in [0.2, 0.25) is 5.69 Å². The maximum atomic E-state index is 12.0. The SMILES string of the molecule is CCc1cc(C)ccc1C=[N+]([O-])c1ccccc1. The zero-order chi connectivity index (χ0) is 13.0. The van der Waals surface area contributed by atoms with Gasteiger partial charge < -0.3 is 5.21 Å². The molecule has 0 spiro atoms. The number of hydrogen-bond acceptors (Lipinski definition) is 1. The molecule has 0 heterocycles. The van der Waals surface area contributed by atoms with Gasteiger partial charge in [0.05, 0.1) is 0 Å². The molecule has 2 heteroatoms. The second-order valence-electron chi connectivity index (χ2n) is 4.35. The van der Waals surface area contributed by atoms with Crippen LogP contribution in [0.1, 0.15) is 23.6 Å². The molecule has 2 rings (SSSR count). The number of aryl methyl sites for hydroxylation is 2. The van der Waals surface area contributed by atoms with E-state index in [0.717, 1.165) is 16.7 Å². The van der Waals surface area contributed by atoms with Crippen LogP contribution in [0.5, 0.6) is 0 Å². The summed E-state index contributed by atoms with van der Waals surface area (Å²) < 4.78 is 0.920. The average molecular weight is 239 g/mol. The molecule has 0 aliphatic carbocycles. The highest BCUT2D eigenvalue weighted by Gasteiger charge is 2.04. The smallest absolute Gasteiger partial charge is 0.216 e. The summed E-state index contributed by atoms with van der Waals surface area (Å²) in [6.45, 7) is 4.17. The Morgan fingerprint density at radius 1 is 1.11 bits per heavy atom. The first-order valence-corrected chi connectivity index (χ1v) is 6.16. The molecule has 18 heavy (non-hydrogen) atoms. The third kappa shape index (κ3) is 2.77. The van der Waals surface area contributed by atoms with Crippen LogP contribution in [0, 0.1) is 12.1 Å². The Labute approximate surface area is 108 Å². The van der Waals surface area contributed by atoms with Crippen LogP contribution in [-0.2, 0) is 6.42 Å². The second-order valence-corrected chi connectivity index (χ2v) is 4.35. The molecule has 0 bridgehead atoms. The van der Waals surface area contributed by atoms with Crippen LogP contribution in [0.25, 0.3) is 0 Å². The van der Waals surface area contributed by atoms with E-state index in [1.165, 1.54) is 11.1 Å². The van der Waals surface area contributed by atoms with E-state index in [2.05, 4.69) is 19.9 Å². The maximum Gasteiger partial charge on any atom is 0.216 e. The van der Waals surface area contributed by atoms with Gasteiger partial charge in [0.15, 0.2) is 6.21 Å². The number of para-hydroxylation sites is 1. The van der Waals surface area contributed by atoms with E-state index in [1.807, 2.05) is 42.5 Å². The first kappa shape index (κ1) is 12.4. The van der Waals surface area contributed by atoms with E-state index in [-0.39, 0.29) is 0 Å². The first-order chi connectivity index (χ1) is 8.70. The van der Waals surface area contributed by atoms with Gasteiger partial charge in [-0.2, -0.15) is 4.74 Å². The Kier molecular flexibility index (Phi) is 3.78. The lowest BCUT2D eigenvalue weighted by atomic mass is 10.0. The van der Waals surface area contributed by atoms with Crippen LogP contribution >= 0.6 is 0 Å². The minimum absolute atomic E-state index is 0.653. The summed E-state index contributed by atoms with van der Waals surface area (Å²) in [6.07, 6.45) is 2.57. The normalized spacial score (nSPS) is 11.6. The van der Waals surface area contributed by atoms with E-state index >= 15 is 0 Å². The van der Waals surface area contributed by atoms with Crippen molar-refractivity contribution in [2.24, 2.45) is 0 Å². The van der Waals surface area contributed by atoms with Crippen molar-refractivity contribution in [3.8, 4) is 0 Å². The van der Waals surface area contributed by atoms with Gasteiger partial charge in [-0.1, -0.05) is 42.8 Å². The van der Waals surface area contributed by atoms with Crippen LogP contribution in [0.4, 0.5) is 5.69 Å². The quantitative estimate of drug-likeness (QED) is 0.346. The Bertz CT molecular complexity index is 559. The summed E-state index contributed by atoms with van der Waals surface area (Å²) in [6, 6.07) is 15.4. The standard InChI is InChI=1S/C16H17NO/c1-3-14-11-13(2)9-10-15(14)12-17(18)16-7-5-4-6-8-16/h4-12H,3H2,1-2H3. The number of rotatable bonds is 3. The third-order valence-corrected chi connectivity index (χ3v) is 2.95. The molecule has 0 atom stereocenters.